The number of methoxy groups -OCH3 is 2. The van der Waals surface area contributed by atoms with E-state index in [9.17, 15) is 9.59 Å². The average molecular weight is 509 g/mol. The second kappa shape index (κ2) is 10.6. The molecule has 8 nitrogen and oxygen atoms in total. The zero-order chi connectivity index (χ0) is 25.2. The van der Waals surface area contributed by atoms with E-state index in [-0.39, 0.29) is 30.1 Å². The van der Waals surface area contributed by atoms with Gasteiger partial charge in [-0.25, -0.2) is 4.98 Å². The molecule has 3 heterocycles. The van der Waals surface area contributed by atoms with E-state index >= 15 is 0 Å². The van der Waals surface area contributed by atoms with E-state index in [0.717, 1.165) is 43.6 Å². The summed E-state index contributed by atoms with van der Waals surface area (Å²) < 4.78 is 10.9. The molecule has 3 atom stereocenters. The summed E-state index contributed by atoms with van der Waals surface area (Å²) in [7, 11) is 5.34. The monoisotopic (exact) mass is 508 g/mol. The molecule has 5 rings (SSSR count). The van der Waals surface area contributed by atoms with Gasteiger partial charge in [0.25, 0.3) is 11.8 Å². The van der Waals surface area contributed by atoms with Gasteiger partial charge in [-0.2, -0.15) is 0 Å². The Morgan fingerprint density at radius 2 is 2.00 bits per heavy atom. The highest BCUT2D eigenvalue weighted by Gasteiger charge is 2.33. The smallest absolute Gasteiger partial charge is 0.257 e. The number of thiazole rings is 1. The lowest BCUT2D eigenvalue weighted by Gasteiger charge is -2.28. The second-order valence-corrected chi connectivity index (χ2v) is 10.6. The molecule has 0 saturated carbocycles. The Hall–Kier alpha value is -2.85. The third kappa shape index (κ3) is 5.01. The molecule has 1 aliphatic carbocycles. The van der Waals surface area contributed by atoms with Crippen LogP contribution in [-0.2, 0) is 27.2 Å². The fraction of sp³-hybridized carbons (Fsp3) is 0.444. The molecule has 1 saturated heterocycles. The molecule has 0 radical (unpaired) electrons. The van der Waals surface area contributed by atoms with Crippen molar-refractivity contribution in [2.75, 3.05) is 39.7 Å². The first-order valence-corrected chi connectivity index (χ1v) is 13.1. The molecule has 36 heavy (non-hydrogen) atoms. The number of carbonyl (C=O) groups is 2. The standard InChI is InChI=1S/C27H32N4O4S/c1-30-13-11-20-24(16-30)36-27(28-20)29-25(32)18-7-4-6-17(14-18)21-8-5-12-31(21)26(33)19-9-10-22(34-2)23(15-19)35-3/h4,6-7,9-10,14-15,21-23H,5,8,11-13,16H2,1-3H3,(H,28,29,32). The van der Waals surface area contributed by atoms with Crippen molar-refractivity contribution in [1.82, 2.24) is 14.8 Å². The summed E-state index contributed by atoms with van der Waals surface area (Å²) in [5, 5.41) is 3.62. The molecular formula is C27H32N4O4S. The van der Waals surface area contributed by atoms with E-state index in [1.165, 1.54) is 4.88 Å². The Balaban J connectivity index is 1.31. The van der Waals surface area contributed by atoms with Crippen LogP contribution in [0.2, 0.25) is 0 Å². The molecule has 2 amide bonds. The number of likely N-dealkylation sites (tertiary alicyclic amines) is 1. The van der Waals surface area contributed by atoms with Crippen molar-refractivity contribution in [2.24, 2.45) is 0 Å². The zero-order valence-corrected chi connectivity index (χ0v) is 21.7. The Labute approximate surface area is 215 Å². The number of hydrogen-bond acceptors (Lipinski definition) is 7. The average Bonchev–Trinajstić information content (AvgIpc) is 3.54. The molecular weight excluding hydrogens is 476 g/mol. The maximum absolute atomic E-state index is 13.4. The summed E-state index contributed by atoms with van der Waals surface area (Å²) in [6, 6.07) is 7.51. The Morgan fingerprint density at radius 3 is 2.81 bits per heavy atom. The largest absolute Gasteiger partial charge is 0.374 e. The van der Waals surface area contributed by atoms with Crippen molar-refractivity contribution >= 4 is 28.3 Å². The first kappa shape index (κ1) is 24.8. The minimum atomic E-state index is -0.302. The van der Waals surface area contributed by atoms with Crippen molar-refractivity contribution in [3.63, 3.8) is 0 Å². The van der Waals surface area contributed by atoms with Crippen molar-refractivity contribution in [3.8, 4) is 0 Å². The van der Waals surface area contributed by atoms with Gasteiger partial charge in [0.1, 0.15) is 12.2 Å². The minimum Gasteiger partial charge on any atom is -0.374 e. The van der Waals surface area contributed by atoms with Crippen LogP contribution in [0.3, 0.4) is 0 Å². The highest BCUT2D eigenvalue weighted by Crippen LogP contribution is 2.34. The lowest BCUT2D eigenvalue weighted by molar-refractivity contribution is -0.127. The number of hydrogen-bond donors (Lipinski definition) is 1. The summed E-state index contributed by atoms with van der Waals surface area (Å²) in [4.78, 5) is 36.5. The molecule has 1 aromatic carbocycles. The number of nitrogens with zero attached hydrogens (tertiary/aromatic N) is 3. The molecule has 0 bridgehead atoms. The SMILES string of the molecule is COC1C=CC(C(=O)N2CCCC2c2cccc(C(=O)Nc3nc4c(s3)CN(C)CC4)c2)=CC1OC. The van der Waals surface area contributed by atoms with Gasteiger partial charge in [-0.1, -0.05) is 24.3 Å². The normalized spacial score (nSPS) is 23.9. The minimum absolute atomic E-state index is 0.0291. The van der Waals surface area contributed by atoms with Crippen LogP contribution in [-0.4, -0.2) is 73.2 Å². The van der Waals surface area contributed by atoms with Crippen LogP contribution in [0.15, 0.2) is 48.1 Å². The van der Waals surface area contributed by atoms with Gasteiger partial charge in [0.2, 0.25) is 0 Å². The molecule has 190 valence electrons. The first-order valence-electron chi connectivity index (χ1n) is 12.3. The number of fused-ring (bicyclic) bond motifs is 1. The Kier molecular flexibility index (Phi) is 7.34. The maximum atomic E-state index is 13.4. The first-order chi connectivity index (χ1) is 17.5. The zero-order valence-electron chi connectivity index (χ0n) is 20.9. The fourth-order valence-corrected chi connectivity index (χ4v) is 6.23. The number of amides is 2. The quantitative estimate of drug-likeness (QED) is 0.642. The molecule has 9 heteroatoms. The Bertz CT molecular complexity index is 1210. The molecule has 2 aromatic rings. The third-order valence-corrected chi connectivity index (χ3v) is 8.11. The molecule has 1 fully saturated rings. The number of carbonyl (C=O) groups excluding carboxylic acids is 2. The van der Waals surface area contributed by atoms with Gasteiger partial charge in [0, 0.05) is 56.3 Å². The maximum Gasteiger partial charge on any atom is 0.257 e. The van der Waals surface area contributed by atoms with Gasteiger partial charge in [-0.15, -0.1) is 11.3 Å². The van der Waals surface area contributed by atoms with Gasteiger partial charge in [-0.05, 0) is 43.7 Å². The van der Waals surface area contributed by atoms with Crippen LogP contribution in [0.4, 0.5) is 5.13 Å². The van der Waals surface area contributed by atoms with Gasteiger partial charge in [0.05, 0.1) is 11.7 Å². The molecule has 0 spiro atoms. The molecule has 3 unspecified atom stereocenters. The van der Waals surface area contributed by atoms with Crippen LogP contribution in [0.5, 0.6) is 0 Å². The van der Waals surface area contributed by atoms with Crippen molar-refractivity contribution in [1.29, 1.82) is 0 Å². The van der Waals surface area contributed by atoms with E-state index in [0.29, 0.717) is 22.8 Å². The number of rotatable bonds is 6. The third-order valence-electron chi connectivity index (χ3n) is 7.11. The number of nitrogens with one attached hydrogen (secondary N) is 1. The van der Waals surface area contributed by atoms with E-state index < -0.39 is 0 Å². The van der Waals surface area contributed by atoms with Crippen LogP contribution >= 0.6 is 11.3 Å². The highest BCUT2D eigenvalue weighted by atomic mass is 32.1. The lowest BCUT2D eigenvalue weighted by atomic mass is 9.98. The van der Waals surface area contributed by atoms with Crippen LogP contribution < -0.4 is 5.32 Å². The van der Waals surface area contributed by atoms with Crippen LogP contribution in [0, 0.1) is 0 Å². The van der Waals surface area contributed by atoms with Crippen LogP contribution in [0.25, 0.3) is 0 Å². The summed E-state index contributed by atoms with van der Waals surface area (Å²) in [5.41, 5.74) is 3.22. The van der Waals surface area contributed by atoms with Gasteiger partial charge < -0.3 is 19.3 Å². The summed E-state index contributed by atoms with van der Waals surface area (Å²) in [5.74, 6) is -0.211. The topological polar surface area (TPSA) is 84.0 Å². The molecule has 3 aliphatic rings. The predicted molar refractivity (Wildman–Crippen MR) is 139 cm³/mol. The van der Waals surface area contributed by atoms with Crippen LogP contribution in [0.1, 0.15) is 45.4 Å². The van der Waals surface area contributed by atoms with Gasteiger partial charge in [0.15, 0.2) is 5.13 Å². The van der Waals surface area contributed by atoms with E-state index in [2.05, 4.69) is 22.2 Å². The number of aromatic nitrogens is 1. The molecule has 1 N–H and O–H groups in total. The summed E-state index contributed by atoms with van der Waals surface area (Å²) in [6.07, 6.45) is 7.68. The summed E-state index contributed by atoms with van der Waals surface area (Å²) in [6.45, 7) is 2.52. The summed E-state index contributed by atoms with van der Waals surface area (Å²) >= 11 is 1.55. The predicted octanol–water partition coefficient (Wildman–Crippen LogP) is 3.57. The number of likely N-dealkylation sites (N-methyl/N-ethyl adjacent to an activating group) is 1. The van der Waals surface area contributed by atoms with E-state index in [1.807, 2.05) is 47.4 Å². The fourth-order valence-electron chi connectivity index (χ4n) is 5.15. The van der Waals surface area contributed by atoms with Crippen molar-refractivity contribution < 1.29 is 19.1 Å². The molecule has 2 aliphatic heterocycles. The highest BCUT2D eigenvalue weighted by molar-refractivity contribution is 7.15. The Morgan fingerprint density at radius 1 is 1.17 bits per heavy atom. The van der Waals surface area contributed by atoms with Gasteiger partial charge in [-0.3, -0.25) is 14.9 Å². The van der Waals surface area contributed by atoms with Crippen molar-refractivity contribution in [3.05, 3.63) is 69.8 Å². The number of benzene rings is 1. The van der Waals surface area contributed by atoms with E-state index in [1.54, 1.807) is 25.6 Å². The van der Waals surface area contributed by atoms with E-state index in [4.69, 9.17) is 9.47 Å². The lowest BCUT2D eigenvalue weighted by Crippen LogP contribution is -2.35. The second-order valence-electron chi connectivity index (χ2n) is 9.49. The van der Waals surface area contributed by atoms with Gasteiger partial charge >= 0.3 is 0 Å². The van der Waals surface area contributed by atoms with Crippen molar-refractivity contribution in [2.45, 2.75) is 44.1 Å². The molecule has 1 aromatic heterocycles. The number of ether oxygens (including phenoxy) is 2. The number of anilines is 1.